The molecule has 7 heteroatoms. The van der Waals surface area contributed by atoms with Gasteiger partial charge in [0.2, 0.25) is 0 Å². The smallest absolute Gasteiger partial charge is 0.176 e. The molecule has 0 saturated heterocycles. The SMILES string of the molecule is CSc1c(F)cc(C(N)CO)cc1S(C)(=O)=O. The highest BCUT2D eigenvalue weighted by Gasteiger charge is 2.20. The fraction of sp³-hybridized carbons (Fsp3) is 0.400. The van der Waals surface area contributed by atoms with Crippen molar-refractivity contribution < 1.29 is 17.9 Å². The predicted molar refractivity (Wildman–Crippen MR) is 65.3 cm³/mol. The van der Waals surface area contributed by atoms with Crippen molar-refractivity contribution >= 4 is 21.6 Å². The van der Waals surface area contributed by atoms with Gasteiger partial charge in [-0.25, -0.2) is 12.8 Å². The first kappa shape index (κ1) is 14.4. The van der Waals surface area contributed by atoms with Gasteiger partial charge in [-0.05, 0) is 24.0 Å². The lowest BCUT2D eigenvalue weighted by molar-refractivity contribution is 0.267. The van der Waals surface area contributed by atoms with Gasteiger partial charge in [0.1, 0.15) is 5.82 Å². The molecular weight excluding hydrogens is 265 g/mol. The highest BCUT2D eigenvalue weighted by atomic mass is 32.2. The summed E-state index contributed by atoms with van der Waals surface area (Å²) in [5.74, 6) is -0.640. The Morgan fingerprint density at radius 1 is 1.53 bits per heavy atom. The minimum absolute atomic E-state index is 0.0707. The molecule has 0 radical (unpaired) electrons. The summed E-state index contributed by atoms with van der Waals surface area (Å²) in [6.07, 6.45) is 2.61. The summed E-state index contributed by atoms with van der Waals surface area (Å²) in [6, 6.07) is 1.67. The number of hydrogen-bond donors (Lipinski definition) is 2. The lowest BCUT2D eigenvalue weighted by Crippen LogP contribution is -2.16. The van der Waals surface area contributed by atoms with Crippen molar-refractivity contribution in [1.29, 1.82) is 0 Å². The molecule has 0 bridgehead atoms. The second-order valence-electron chi connectivity index (χ2n) is 3.60. The van der Waals surface area contributed by atoms with E-state index in [2.05, 4.69) is 0 Å². The Morgan fingerprint density at radius 2 is 2.12 bits per heavy atom. The maximum Gasteiger partial charge on any atom is 0.176 e. The molecule has 0 fully saturated rings. The molecule has 96 valence electrons. The van der Waals surface area contributed by atoms with E-state index in [1.807, 2.05) is 0 Å². The topological polar surface area (TPSA) is 80.4 Å². The van der Waals surface area contributed by atoms with Crippen molar-refractivity contribution in [2.75, 3.05) is 19.1 Å². The Morgan fingerprint density at radius 3 is 2.53 bits per heavy atom. The van der Waals surface area contributed by atoms with Crippen LogP contribution in [0.4, 0.5) is 4.39 Å². The monoisotopic (exact) mass is 279 g/mol. The Balaban J connectivity index is 3.50. The van der Waals surface area contributed by atoms with Crippen LogP contribution in [0.25, 0.3) is 0 Å². The second-order valence-corrected chi connectivity index (χ2v) is 6.40. The van der Waals surface area contributed by atoms with E-state index in [0.717, 1.165) is 24.1 Å². The van der Waals surface area contributed by atoms with Gasteiger partial charge in [-0.15, -0.1) is 11.8 Å². The van der Waals surface area contributed by atoms with Crippen LogP contribution >= 0.6 is 11.8 Å². The van der Waals surface area contributed by atoms with Gasteiger partial charge in [0.05, 0.1) is 22.4 Å². The number of sulfone groups is 1. The fourth-order valence-corrected chi connectivity index (χ4v) is 3.38. The maximum atomic E-state index is 13.7. The second kappa shape index (κ2) is 5.34. The molecule has 4 nitrogen and oxygen atoms in total. The van der Waals surface area contributed by atoms with Crippen LogP contribution in [0, 0.1) is 5.82 Å². The summed E-state index contributed by atoms with van der Waals surface area (Å²) in [7, 11) is -3.53. The first-order valence-electron chi connectivity index (χ1n) is 4.75. The molecule has 1 aromatic carbocycles. The summed E-state index contributed by atoms with van der Waals surface area (Å²) >= 11 is 1.02. The summed E-state index contributed by atoms with van der Waals surface area (Å²) in [4.78, 5) is -0.0229. The van der Waals surface area contributed by atoms with E-state index >= 15 is 0 Å². The van der Waals surface area contributed by atoms with Crippen LogP contribution in [0.5, 0.6) is 0 Å². The van der Waals surface area contributed by atoms with E-state index < -0.39 is 21.7 Å². The van der Waals surface area contributed by atoms with Crippen molar-refractivity contribution in [3.63, 3.8) is 0 Å². The summed E-state index contributed by atoms with van der Waals surface area (Å²) in [5.41, 5.74) is 5.82. The zero-order valence-electron chi connectivity index (χ0n) is 9.47. The van der Waals surface area contributed by atoms with Crippen molar-refractivity contribution in [3.8, 4) is 0 Å². The van der Waals surface area contributed by atoms with Crippen LogP contribution in [0.2, 0.25) is 0 Å². The van der Waals surface area contributed by atoms with Crippen molar-refractivity contribution in [1.82, 2.24) is 0 Å². The normalized spacial score (nSPS) is 13.7. The Labute approximate surface area is 104 Å². The lowest BCUT2D eigenvalue weighted by Gasteiger charge is -2.13. The molecule has 1 rings (SSSR count). The van der Waals surface area contributed by atoms with Gasteiger partial charge in [0, 0.05) is 6.26 Å². The molecule has 1 unspecified atom stereocenters. The van der Waals surface area contributed by atoms with Gasteiger partial charge in [0.25, 0.3) is 0 Å². The standard InChI is InChI=1S/C10H14FNO3S2/c1-16-10-7(11)3-6(8(12)5-13)4-9(10)17(2,14)15/h3-4,8,13H,5,12H2,1-2H3. The van der Waals surface area contributed by atoms with E-state index in [0.29, 0.717) is 0 Å². The lowest BCUT2D eigenvalue weighted by atomic mass is 10.1. The highest BCUT2D eigenvalue weighted by Crippen LogP contribution is 2.30. The molecule has 0 saturated carbocycles. The van der Waals surface area contributed by atoms with Crippen LogP contribution in [-0.4, -0.2) is 32.6 Å². The van der Waals surface area contributed by atoms with Gasteiger partial charge in [-0.1, -0.05) is 0 Å². The minimum Gasteiger partial charge on any atom is -0.394 e. The average molecular weight is 279 g/mol. The summed E-state index contributed by atoms with van der Waals surface area (Å²) in [6.45, 7) is -0.374. The number of nitrogens with two attached hydrogens (primary N) is 1. The third-order valence-corrected chi connectivity index (χ3v) is 4.33. The highest BCUT2D eigenvalue weighted by molar-refractivity contribution is 7.99. The van der Waals surface area contributed by atoms with Crippen LogP contribution < -0.4 is 5.73 Å². The molecule has 1 atom stereocenters. The Hall–Kier alpha value is -0.630. The van der Waals surface area contributed by atoms with Crippen molar-refractivity contribution in [3.05, 3.63) is 23.5 Å². The third-order valence-electron chi connectivity index (χ3n) is 2.26. The molecule has 0 aliphatic heterocycles. The number of thioether (sulfide) groups is 1. The predicted octanol–water partition coefficient (Wildman–Crippen LogP) is 0.943. The van der Waals surface area contributed by atoms with Crippen LogP contribution in [-0.2, 0) is 9.84 Å². The number of rotatable bonds is 4. The van der Waals surface area contributed by atoms with Crippen molar-refractivity contribution in [2.24, 2.45) is 5.73 Å². The van der Waals surface area contributed by atoms with Crippen LogP contribution in [0.3, 0.4) is 0 Å². The zero-order chi connectivity index (χ0) is 13.2. The molecule has 0 amide bonds. The molecular formula is C10H14FNO3S2. The molecule has 0 heterocycles. The summed E-state index contributed by atoms with van der Waals surface area (Å²) < 4.78 is 36.8. The molecule has 0 aromatic heterocycles. The first-order valence-corrected chi connectivity index (χ1v) is 7.86. The minimum atomic E-state index is -3.53. The van der Waals surface area contributed by atoms with Gasteiger partial charge in [0.15, 0.2) is 9.84 Å². The molecule has 17 heavy (non-hydrogen) atoms. The number of halogens is 1. The molecule has 0 aliphatic carbocycles. The van der Waals surface area contributed by atoms with E-state index in [-0.39, 0.29) is 22.0 Å². The zero-order valence-corrected chi connectivity index (χ0v) is 11.1. The number of aliphatic hydroxyl groups excluding tert-OH is 1. The van der Waals surface area contributed by atoms with Gasteiger partial charge >= 0.3 is 0 Å². The van der Waals surface area contributed by atoms with E-state index in [9.17, 15) is 12.8 Å². The van der Waals surface area contributed by atoms with Gasteiger partial charge in [-0.2, -0.15) is 0 Å². The number of aliphatic hydroxyl groups is 1. The first-order chi connectivity index (χ1) is 7.81. The molecule has 1 aromatic rings. The average Bonchev–Trinajstić information content (AvgIpc) is 2.25. The number of benzene rings is 1. The Bertz CT molecular complexity index is 517. The van der Waals surface area contributed by atoms with Crippen molar-refractivity contribution in [2.45, 2.75) is 15.8 Å². The van der Waals surface area contributed by atoms with Crippen LogP contribution in [0.15, 0.2) is 21.9 Å². The number of hydrogen-bond acceptors (Lipinski definition) is 5. The van der Waals surface area contributed by atoms with E-state index in [4.69, 9.17) is 10.8 Å². The molecule has 0 spiro atoms. The molecule has 3 N–H and O–H groups in total. The summed E-state index contributed by atoms with van der Waals surface area (Å²) in [5, 5.41) is 8.90. The van der Waals surface area contributed by atoms with E-state index in [1.54, 1.807) is 6.26 Å². The largest absolute Gasteiger partial charge is 0.394 e. The molecule has 0 aliphatic rings. The quantitative estimate of drug-likeness (QED) is 0.802. The van der Waals surface area contributed by atoms with E-state index in [1.165, 1.54) is 6.07 Å². The maximum absolute atomic E-state index is 13.7. The van der Waals surface area contributed by atoms with Gasteiger partial charge in [-0.3, -0.25) is 0 Å². The third kappa shape index (κ3) is 3.19. The fourth-order valence-electron chi connectivity index (χ4n) is 1.38. The Kier molecular flexibility index (Phi) is 4.54. The van der Waals surface area contributed by atoms with Crippen LogP contribution in [0.1, 0.15) is 11.6 Å². The van der Waals surface area contributed by atoms with Gasteiger partial charge < -0.3 is 10.8 Å².